The fourth-order valence-corrected chi connectivity index (χ4v) is 3.59. The van der Waals surface area contributed by atoms with Crippen molar-refractivity contribution >= 4 is 33.8 Å². The van der Waals surface area contributed by atoms with Gasteiger partial charge in [-0.15, -0.1) is 0 Å². The number of nitrogens with one attached hydrogen (secondary N) is 1. The maximum absolute atomic E-state index is 13.5. The van der Waals surface area contributed by atoms with Crippen LogP contribution in [0.3, 0.4) is 0 Å². The molecule has 0 heterocycles. The van der Waals surface area contributed by atoms with Crippen LogP contribution in [0.1, 0.15) is 15.9 Å². The van der Waals surface area contributed by atoms with E-state index in [1.807, 2.05) is 0 Å². The van der Waals surface area contributed by atoms with Crippen LogP contribution >= 0.6 is 0 Å². The summed E-state index contributed by atoms with van der Waals surface area (Å²) >= 11 is 0. The molecule has 1 amide bonds. The van der Waals surface area contributed by atoms with E-state index in [0.29, 0.717) is 16.9 Å². The summed E-state index contributed by atoms with van der Waals surface area (Å²) in [4.78, 5) is 24.2. The minimum Gasteiger partial charge on any atom is -0.423 e. The number of benzene rings is 3. The number of rotatable bonds is 8. The molecule has 0 bridgehead atoms. The summed E-state index contributed by atoms with van der Waals surface area (Å²) < 4.78 is 43.6. The number of hydrazone groups is 1. The summed E-state index contributed by atoms with van der Waals surface area (Å²) in [6, 6.07) is 19.9. The molecule has 1 N–H and O–H groups in total. The zero-order chi connectivity index (χ0) is 23.8. The van der Waals surface area contributed by atoms with Crippen molar-refractivity contribution in [1.29, 1.82) is 0 Å². The molecular weight excluding hydrogens is 449 g/mol. The number of carbonyl (C=O) groups excluding carboxylic acids is 2. The lowest BCUT2D eigenvalue weighted by molar-refractivity contribution is -0.119. The molecule has 0 spiro atoms. The number of hydrogen-bond donors (Lipinski definition) is 1. The van der Waals surface area contributed by atoms with Crippen molar-refractivity contribution in [3.05, 3.63) is 95.8 Å². The van der Waals surface area contributed by atoms with Crippen LogP contribution in [0.2, 0.25) is 0 Å². The molecule has 170 valence electrons. The lowest BCUT2D eigenvalue weighted by atomic mass is 10.2. The van der Waals surface area contributed by atoms with E-state index in [-0.39, 0.29) is 5.69 Å². The van der Waals surface area contributed by atoms with Gasteiger partial charge in [0.1, 0.15) is 18.1 Å². The molecule has 0 saturated carbocycles. The molecule has 0 radical (unpaired) electrons. The van der Waals surface area contributed by atoms with Crippen molar-refractivity contribution in [3.8, 4) is 5.75 Å². The lowest BCUT2D eigenvalue weighted by Crippen LogP contribution is -2.39. The topological polar surface area (TPSA) is 105 Å². The molecule has 0 saturated heterocycles. The molecule has 3 aromatic carbocycles. The first-order valence-electron chi connectivity index (χ1n) is 9.65. The molecule has 8 nitrogen and oxygen atoms in total. The minimum atomic E-state index is -3.83. The molecule has 0 aromatic heterocycles. The molecule has 3 aromatic rings. The Hall–Kier alpha value is -4.05. The molecule has 33 heavy (non-hydrogen) atoms. The van der Waals surface area contributed by atoms with E-state index in [9.17, 15) is 22.4 Å². The van der Waals surface area contributed by atoms with Crippen LogP contribution in [0, 0.1) is 5.82 Å². The normalized spacial score (nSPS) is 11.2. The average molecular weight is 469 g/mol. The van der Waals surface area contributed by atoms with Gasteiger partial charge in [-0.2, -0.15) is 5.10 Å². The molecule has 0 aliphatic carbocycles. The molecular formula is C23H20FN3O5S. The van der Waals surface area contributed by atoms with Crippen LogP contribution in [0.15, 0.2) is 84.0 Å². The van der Waals surface area contributed by atoms with Crippen LogP contribution in [-0.2, 0) is 14.8 Å². The van der Waals surface area contributed by atoms with Gasteiger partial charge in [0.2, 0.25) is 10.0 Å². The van der Waals surface area contributed by atoms with Crippen molar-refractivity contribution < 1.29 is 27.1 Å². The Morgan fingerprint density at radius 2 is 1.73 bits per heavy atom. The first-order valence-corrected chi connectivity index (χ1v) is 11.5. The molecule has 0 fully saturated rings. The van der Waals surface area contributed by atoms with Crippen molar-refractivity contribution in [2.24, 2.45) is 5.10 Å². The first-order chi connectivity index (χ1) is 15.7. The highest BCUT2D eigenvalue weighted by Gasteiger charge is 2.21. The predicted molar refractivity (Wildman–Crippen MR) is 122 cm³/mol. The summed E-state index contributed by atoms with van der Waals surface area (Å²) in [7, 11) is -3.83. The fourth-order valence-electron chi connectivity index (χ4n) is 2.74. The molecule has 10 heteroatoms. The maximum Gasteiger partial charge on any atom is 0.343 e. The van der Waals surface area contributed by atoms with E-state index in [0.717, 1.165) is 16.6 Å². The summed E-state index contributed by atoms with van der Waals surface area (Å²) in [5.41, 5.74) is 3.28. The van der Waals surface area contributed by atoms with Gasteiger partial charge in [0, 0.05) is 0 Å². The second kappa shape index (κ2) is 10.5. The summed E-state index contributed by atoms with van der Waals surface area (Å²) in [6.07, 6.45) is 2.26. The third-order valence-corrected chi connectivity index (χ3v) is 5.43. The Morgan fingerprint density at radius 3 is 2.36 bits per heavy atom. The molecule has 3 rings (SSSR count). The predicted octanol–water partition coefficient (Wildman–Crippen LogP) is 2.96. The summed E-state index contributed by atoms with van der Waals surface area (Å²) in [5.74, 6) is -1.49. The Labute approximate surface area is 190 Å². The average Bonchev–Trinajstić information content (AvgIpc) is 2.78. The van der Waals surface area contributed by atoms with Gasteiger partial charge >= 0.3 is 5.97 Å². The standard InChI is InChI=1S/C23H20FN3O5S/c1-33(30,31)27(20-9-5-8-19(24)14-20)16-22(28)26-25-15-17-10-12-21(13-11-17)32-23(29)18-6-3-2-4-7-18/h2-15H,16H2,1H3,(H,26,28)/b25-15-. The third-order valence-electron chi connectivity index (χ3n) is 4.29. The van der Waals surface area contributed by atoms with E-state index >= 15 is 0 Å². The Morgan fingerprint density at radius 1 is 1.03 bits per heavy atom. The largest absolute Gasteiger partial charge is 0.423 e. The van der Waals surface area contributed by atoms with E-state index < -0.39 is 34.3 Å². The number of hydrogen-bond acceptors (Lipinski definition) is 6. The number of esters is 1. The highest BCUT2D eigenvalue weighted by molar-refractivity contribution is 7.92. The monoisotopic (exact) mass is 469 g/mol. The van der Waals surface area contributed by atoms with Crippen molar-refractivity contribution in [2.45, 2.75) is 0 Å². The number of sulfonamides is 1. The Balaban J connectivity index is 1.57. The van der Waals surface area contributed by atoms with Gasteiger partial charge < -0.3 is 4.74 Å². The Kier molecular flexibility index (Phi) is 7.52. The second-order valence-corrected chi connectivity index (χ2v) is 8.77. The Bertz CT molecular complexity index is 1260. The zero-order valence-electron chi connectivity index (χ0n) is 17.5. The lowest BCUT2D eigenvalue weighted by Gasteiger charge is -2.21. The number of halogens is 1. The van der Waals surface area contributed by atoms with Crippen molar-refractivity contribution in [2.75, 3.05) is 17.1 Å². The van der Waals surface area contributed by atoms with Gasteiger partial charge in [-0.3, -0.25) is 9.10 Å². The van der Waals surface area contributed by atoms with E-state index in [1.54, 1.807) is 54.6 Å². The minimum absolute atomic E-state index is 0.0252. The highest BCUT2D eigenvalue weighted by atomic mass is 32.2. The second-order valence-electron chi connectivity index (χ2n) is 6.87. The van der Waals surface area contributed by atoms with Crippen molar-refractivity contribution in [3.63, 3.8) is 0 Å². The molecule has 0 unspecified atom stereocenters. The van der Waals surface area contributed by atoms with Gasteiger partial charge in [0.15, 0.2) is 0 Å². The smallest absolute Gasteiger partial charge is 0.343 e. The van der Waals surface area contributed by atoms with Crippen LogP contribution in [0.4, 0.5) is 10.1 Å². The summed E-state index contributed by atoms with van der Waals surface area (Å²) in [5, 5.41) is 3.80. The van der Waals surface area contributed by atoms with E-state index in [1.165, 1.54) is 24.4 Å². The van der Waals surface area contributed by atoms with Gasteiger partial charge in [-0.05, 0) is 60.2 Å². The number of ether oxygens (including phenoxy) is 1. The fraction of sp³-hybridized carbons (Fsp3) is 0.0870. The highest BCUT2D eigenvalue weighted by Crippen LogP contribution is 2.18. The number of nitrogens with zero attached hydrogens (tertiary/aromatic N) is 2. The zero-order valence-corrected chi connectivity index (χ0v) is 18.3. The number of amides is 1. The van der Waals surface area contributed by atoms with Crippen molar-refractivity contribution in [1.82, 2.24) is 5.43 Å². The first kappa shape index (κ1) is 23.6. The van der Waals surface area contributed by atoms with Gasteiger partial charge in [0.05, 0.1) is 23.7 Å². The van der Waals surface area contributed by atoms with Crippen LogP contribution in [0.25, 0.3) is 0 Å². The molecule has 0 atom stereocenters. The SMILES string of the molecule is CS(=O)(=O)N(CC(=O)N/N=C\c1ccc(OC(=O)c2ccccc2)cc1)c1cccc(F)c1. The quantitative estimate of drug-likeness (QED) is 0.236. The summed E-state index contributed by atoms with van der Waals surface area (Å²) in [6.45, 7) is -0.575. The maximum atomic E-state index is 13.5. The van der Waals surface area contributed by atoms with Crippen LogP contribution in [-0.4, -0.2) is 39.3 Å². The van der Waals surface area contributed by atoms with Crippen LogP contribution in [0.5, 0.6) is 5.75 Å². The van der Waals surface area contributed by atoms with E-state index in [2.05, 4.69) is 10.5 Å². The van der Waals surface area contributed by atoms with Crippen LogP contribution < -0.4 is 14.5 Å². The molecule has 0 aliphatic heterocycles. The third kappa shape index (κ3) is 6.97. The van der Waals surface area contributed by atoms with Gasteiger partial charge in [-0.25, -0.2) is 23.0 Å². The molecule has 0 aliphatic rings. The van der Waals surface area contributed by atoms with E-state index in [4.69, 9.17) is 4.74 Å². The number of carbonyl (C=O) groups is 2. The van der Waals surface area contributed by atoms with Gasteiger partial charge in [0.25, 0.3) is 5.91 Å². The van der Waals surface area contributed by atoms with Gasteiger partial charge in [-0.1, -0.05) is 24.3 Å². The number of anilines is 1.